The summed E-state index contributed by atoms with van der Waals surface area (Å²) in [5.41, 5.74) is 2.66. The van der Waals surface area contributed by atoms with E-state index in [2.05, 4.69) is 5.32 Å². The summed E-state index contributed by atoms with van der Waals surface area (Å²) < 4.78 is 29.2. The van der Waals surface area contributed by atoms with E-state index >= 15 is 0 Å². The highest BCUT2D eigenvalue weighted by molar-refractivity contribution is 7.90. The highest BCUT2D eigenvalue weighted by Gasteiger charge is 2.35. The number of carbonyl (C=O) groups excluding carboxylic acids is 2. The van der Waals surface area contributed by atoms with Crippen LogP contribution in [0.25, 0.3) is 0 Å². The molecule has 1 atom stereocenters. The van der Waals surface area contributed by atoms with E-state index in [4.69, 9.17) is 23.2 Å². The fourth-order valence-electron chi connectivity index (χ4n) is 4.99. The molecule has 1 aliphatic rings. The lowest BCUT2D eigenvalue weighted by Crippen LogP contribution is -2.54. The van der Waals surface area contributed by atoms with Crippen LogP contribution >= 0.6 is 23.2 Å². The molecule has 40 heavy (non-hydrogen) atoms. The van der Waals surface area contributed by atoms with Crippen LogP contribution in [0.2, 0.25) is 10.0 Å². The summed E-state index contributed by atoms with van der Waals surface area (Å²) in [6.45, 7) is 5.11. The summed E-state index contributed by atoms with van der Waals surface area (Å²) in [6, 6.07) is 9.79. The largest absolute Gasteiger partial charge is 0.352 e. The summed E-state index contributed by atoms with van der Waals surface area (Å²) in [5.74, 6) is -0.736. The van der Waals surface area contributed by atoms with Gasteiger partial charge in [-0.3, -0.25) is 9.59 Å². The van der Waals surface area contributed by atoms with Crippen molar-refractivity contribution in [3.63, 3.8) is 0 Å². The van der Waals surface area contributed by atoms with Gasteiger partial charge in [0.2, 0.25) is 11.8 Å². The van der Waals surface area contributed by atoms with E-state index in [1.54, 1.807) is 31.2 Å². The number of amides is 2. The van der Waals surface area contributed by atoms with Crippen molar-refractivity contribution in [1.82, 2.24) is 14.5 Å². The lowest BCUT2D eigenvalue weighted by Gasteiger charge is -2.35. The lowest BCUT2D eigenvalue weighted by molar-refractivity contribution is -0.140. The third kappa shape index (κ3) is 7.90. The van der Waals surface area contributed by atoms with Crippen molar-refractivity contribution in [2.75, 3.05) is 24.9 Å². The molecule has 220 valence electrons. The summed E-state index contributed by atoms with van der Waals surface area (Å²) >= 11 is 12.4. The van der Waals surface area contributed by atoms with Crippen LogP contribution in [-0.4, -0.2) is 62.2 Å². The van der Waals surface area contributed by atoms with Crippen LogP contribution in [0, 0.1) is 13.8 Å². The first-order valence-corrected chi connectivity index (χ1v) is 15.8. The Balaban J connectivity index is 2.01. The molecule has 11 heteroatoms. The molecular formula is C29H40Cl2N4O4S. The second-order valence-electron chi connectivity index (χ2n) is 10.6. The Bertz CT molecular complexity index is 1310. The van der Waals surface area contributed by atoms with Gasteiger partial charge in [-0.05, 0) is 68.0 Å². The van der Waals surface area contributed by atoms with Gasteiger partial charge < -0.3 is 10.2 Å². The fourth-order valence-corrected chi connectivity index (χ4v) is 6.42. The third-order valence-electron chi connectivity index (χ3n) is 7.33. The maximum absolute atomic E-state index is 14.1. The van der Waals surface area contributed by atoms with E-state index in [9.17, 15) is 18.0 Å². The number of anilines is 1. The van der Waals surface area contributed by atoms with Gasteiger partial charge in [-0.2, -0.15) is 12.7 Å². The van der Waals surface area contributed by atoms with Crippen LogP contribution in [0.5, 0.6) is 0 Å². The van der Waals surface area contributed by atoms with Crippen molar-refractivity contribution in [2.45, 2.75) is 77.9 Å². The quantitative estimate of drug-likeness (QED) is 0.365. The summed E-state index contributed by atoms with van der Waals surface area (Å²) in [4.78, 5) is 29.1. The van der Waals surface area contributed by atoms with Gasteiger partial charge in [-0.1, -0.05) is 67.6 Å². The van der Waals surface area contributed by atoms with Gasteiger partial charge >= 0.3 is 10.2 Å². The Morgan fingerprint density at radius 3 is 2.27 bits per heavy atom. The van der Waals surface area contributed by atoms with Gasteiger partial charge in [-0.15, -0.1) is 0 Å². The Hall–Kier alpha value is -2.33. The summed E-state index contributed by atoms with van der Waals surface area (Å²) in [7, 11) is -1.18. The Kier molecular flexibility index (Phi) is 11.3. The number of carbonyl (C=O) groups is 2. The van der Waals surface area contributed by atoms with Crippen LogP contribution in [0.1, 0.15) is 62.1 Å². The van der Waals surface area contributed by atoms with Gasteiger partial charge in [0, 0.05) is 26.7 Å². The zero-order valence-electron chi connectivity index (χ0n) is 23.9. The fraction of sp³-hybridized carbons (Fsp3) is 0.517. The molecule has 1 fully saturated rings. The molecule has 0 heterocycles. The predicted molar refractivity (Wildman–Crippen MR) is 162 cm³/mol. The minimum Gasteiger partial charge on any atom is -0.352 e. The number of hydrogen-bond donors (Lipinski definition) is 1. The molecule has 8 nitrogen and oxygen atoms in total. The first-order valence-electron chi connectivity index (χ1n) is 13.7. The zero-order chi connectivity index (χ0) is 29.6. The predicted octanol–water partition coefficient (Wildman–Crippen LogP) is 5.48. The molecule has 1 saturated carbocycles. The van der Waals surface area contributed by atoms with Crippen molar-refractivity contribution < 1.29 is 18.0 Å². The number of benzene rings is 2. The lowest BCUT2D eigenvalue weighted by atomic mass is 9.95. The van der Waals surface area contributed by atoms with Crippen molar-refractivity contribution in [3.8, 4) is 0 Å². The van der Waals surface area contributed by atoms with E-state index in [1.165, 1.54) is 19.0 Å². The highest BCUT2D eigenvalue weighted by atomic mass is 35.5. The van der Waals surface area contributed by atoms with Gasteiger partial charge in [0.05, 0.1) is 15.7 Å². The molecule has 0 unspecified atom stereocenters. The second kappa shape index (κ2) is 14.0. The number of aryl methyl sites for hydroxylation is 2. The summed E-state index contributed by atoms with van der Waals surface area (Å²) in [5, 5.41) is 3.85. The monoisotopic (exact) mass is 610 g/mol. The van der Waals surface area contributed by atoms with Gasteiger partial charge in [0.25, 0.3) is 0 Å². The second-order valence-corrected chi connectivity index (χ2v) is 13.5. The Labute approximate surface area is 248 Å². The zero-order valence-corrected chi connectivity index (χ0v) is 26.2. The maximum Gasteiger partial charge on any atom is 0.304 e. The number of nitrogens with zero attached hydrogens (tertiary/aromatic N) is 3. The Morgan fingerprint density at radius 1 is 1.00 bits per heavy atom. The SMILES string of the molecule is CC[C@@H](C(=O)NC1CCCCC1)N(Cc1ccc(Cl)c(Cl)c1)C(=O)CN(c1cc(C)ccc1C)S(=O)(=O)N(C)C. The third-order valence-corrected chi connectivity index (χ3v) is 9.87. The normalized spacial score (nSPS) is 15.1. The molecule has 1 N–H and O–H groups in total. The molecule has 0 bridgehead atoms. The average molecular weight is 612 g/mol. The van der Waals surface area contributed by atoms with Gasteiger partial charge in [0.15, 0.2) is 0 Å². The smallest absolute Gasteiger partial charge is 0.304 e. The van der Waals surface area contributed by atoms with Crippen molar-refractivity contribution >= 4 is 50.9 Å². The van der Waals surface area contributed by atoms with Gasteiger partial charge in [-0.25, -0.2) is 4.31 Å². The summed E-state index contributed by atoms with van der Waals surface area (Å²) in [6.07, 6.45) is 5.44. The molecule has 1 aliphatic carbocycles. The molecule has 0 saturated heterocycles. The van der Waals surface area contributed by atoms with Crippen LogP contribution in [0.4, 0.5) is 5.69 Å². The highest BCUT2D eigenvalue weighted by Crippen LogP contribution is 2.28. The van der Waals surface area contributed by atoms with Crippen LogP contribution in [0.3, 0.4) is 0 Å². The molecule has 0 radical (unpaired) electrons. The number of nitrogens with one attached hydrogen (secondary N) is 1. The molecule has 0 aromatic heterocycles. The van der Waals surface area contributed by atoms with E-state index in [0.717, 1.165) is 46.3 Å². The first kappa shape index (κ1) is 32.2. The first-order chi connectivity index (χ1) is 18.8. The topological polar surface area (TPSA) is 90.0 Å². The maximum atomic E-state index is 14.1. The van der Waals surface area contributed by atoms with E-state index in [1.807, 2.05) is 26.0 Å². The minimum absolute atomic E-state index is 0.0645. The molecule has 2 aromatic rings. The molecule has 3 rings (SSSR count). The van der Waals surface area contributed by atoms with Crippen LogP contribution < -0.4 is 9.62 Å². The molecule has 2 amide bonds. The molecule has 0 aliphatic heterocycles. The minimum atomic E-state index is -4.04. The number of rotatable bonds is 11. The van der Waals surface area contributed by atoms with Gasteiger partial charge in [0.1, 0.15) is 12.6 Å². The molecule has 0 spiro atoms. The van der Waals surface area contributed by atoms with Crippen molar-refractivity contribution in [1.29, 1.82) is 0 Å². The average Bonchev–Trinajstić information content (AvgIpc) is 2.91. The van der Waals surface area contributed by atoms with E-state index in [0.29, 0.717) is 33.3 Å². The Morgan fingerprint density at radius 2 is 1.68 bits per heavy atom. The van der Waals surface area contributed by atoms with Crippen molar-refractivity contribution in [3.05, 3.63) is 63.1 Å². The van der Waals surface area contributed by atoms with Crippen LogP contribution in [0.15, 0.2) is 36.4 Å². The van der Waals surface area contributed by atoms with E-state index in [-0.39, 0.29) is 18.5 Å². The van der Waals surface area contributed by atoms with Crippen LogP contribution in [-0.2, 0) is 26.3 Å². The number of halogens is 2. The standard InChI is InChI=1S/C29H40Cl2N4O4S/c1-6-26(29(37)32-23-10-8-7-9-11-23)34(18-22-14-15-24(30)25(31)17-22)28(36)19-35(40(38,39)33(4)5)27-16-20(2)12-13-21(27)3/h12-17,23,26H,6-11,18-19H2,1-5H3,(H,32,37)/t26-/m0/s1. The molecule has 2 aromatic carbocycles. The van der Waals surface area contributed by atoms with Crippen molar-refractivity contribution in [2.24, 2.45) is 0 Å². The number of hydrogen-bond acceptors (Lipinski definition) is 4. The van der Waals surface area contributed by atoms with E-state index < -0.39 is 28.7 Å². The molecular weight excluding hydrogens is 571 g/mol.